The van der Waals surface area contributed by atoms with Gasteiger partial charge >= 0.3 is 11.9 Å². The highest BCUT2D eigenvalue weighted by Crippen LogP contribution is 2.70. The molecule has 4 fully saturated rings. The van der Waals surface area contributed by atoms with Crippen molar-refractivity contribution in [1.82, 2.24) is 0 Å². The molecule has 7 nitrogen and oxygen atoms in total. The first-order valence-corrected chi connectivity index (χ1v) is 16.3. The monoisotopic (exact) mass is 539 g/mol. The normalized spacial score (nSPS) is 44.2. The van der Waals surface area contributed by atoms with Gasteiger partial charge < -0.3 is 9.47 Å². The minimum absolute atomic E-state index is 0.0364. The molecule has 11 atom stereocenters. The van der Waals surface area contributed by atoms with Crippen molar-refractivity contribution in [3.63, 3.8) is 0 Å². The molecule has 0 heterocycles. The van der Waals surface area contributed by atoms with Crippen LogP contribution in [0.4, 0.5) is 0 Å². The summed E-state index contributed by atoms with van der Waals surface area (Å²) in [7, 11) is -3.47. The van der Waals surface area contributed by atoms with Crippen LogP contribution in [0.5, 0.6) is 0 Å². The van der Waals surface area contributed by atoms with E-state index in [1.165, 1.54) is 13.8 Å². The van der Waals surface area contributed by atoms with Gasteiger partial charge in [-0.2, -0.15) is 0 Å². The standard InChI is InChI=1S/C29H49NO6S/c1-7-21-25-16-20(35-18(3)31)10-13-29(25,6)24-11-14-28(5)22(17(2)12-15-37(30,33)34)8-9-23(28)26(24)27(21)36-19(4)32/h17,20-27H,7-16H2,1-6H3,(H2,30,33,34)/t17-,20-,21-,22-,23?,24?,25+,26?,27-,28-,29-/m1/s1. The van der Waals surface area contributed by atoms with Crippen LogP contribution in [0.1, 0.15) is 99.3 Å². The average Bonchev–Trinajstić information content (AvgIpc) is 3.14. The molecule has 37 heavy (non-hydrogen) atoms. The molecule has 0 aromatic heterocycles. The van der Waals surface area contributed by atoms with Gasteiger partial charge in [-0.15, -0.1) is 0 Å². The van der Waals surface area contributed by atoms with Crippen molar-refractivity contribution in [2.24, 2.45) is 57.4 Å². The minimum Gasteiger partial charge on any atom is -0.463 e. The van der Waals surface area contributed by atoms with Gasteiger partial charge in [0.05, 0.1) is 5.75 Å². The molecular formula is C29H49NO6S. The lowest BCUT2D eigenvalue weighted by Gasteiger charge is -2.65. The maximum atomic E-state index is 12.5. The molecule has 0 aromatic rings. The summed E-state index contributed by atoms with van der Waals surface area (Å²) in [6.45, 7) is 12.3. The van der Waals surface area contributed by atoms with Gasteiger partial charge in [-0.25, -0.2) is 13.6 Å². The van der Waals surface area contributed by atoms with Crippen molar-refractivity contribution in [3.05, 3.63) is 0 Å². The number of nitrogens with two attached hydrogens (primary N) is 1. The number of rotatable bonds is 7. The quantitative estimate of drug-likeness (QED) is 0.452. The highest BCUT2D eigenvalue weighted by atomic mass is 32.2. The number of fused-ring (bicyclic) bond motifs is 5. The van der Waals surface area contributed by atoms with E-state index in [1.54, 1.807) is 0 Å². The Hall–Kier alpha value is -1.15. The molecule has 0 bridgehead atoms. The fourth-order valence-electron chi connectivity index (χ4n) is 10.1. The van der Waals surface area contributed by atoms with Crippen LogP contribution in [0.2, 0.25) is 0 Å². The van der Waals surface area contributed by atoms with E-state index in [2.05, 4.69) is 27.7 Å². The maximum Gasteiger partial charge on any atom is 0.302 e. The van der Waals surface area contributed by atoms with E-state index in [-0.39, 0.29) is 52.6 Å². The molecule has 0 saturated heterocycles. The van der Waals surface area contributed by atoms with Crippen molar-refractivity contribution in [3.8, 4) is 0 Å². The van der Waals surface area contributed by atoms with Crippen molar-refractivity contribution < 1.29 is 27.5 Å². The van der Waals surface area contributed by atoms with Crippen LogP contribution in [0, 0.1) is 52.3 Å². The van der Waals surface area contributed by atoms with Crippen LogP contribution in [-0.4, -0.2) is 38.3 Å². The van der Waals surface area contributed by atoms with Crippen molar-refractivity contribution in [2.45, 2.75) is 112 Å². The van der Waals surface area contributed by atoms with E-state index in [4.69, 9.17) is 14.6 Å². The molecule has 4 rings (SSSR count). The first-order valence-electron chi connectivity index (χ1n) is 14.6. The largest absolute Gasteiger partial charge is 0.463 e. The van der Waals surface area contributed by atoms with E-state index in [9.17, 15) is 18.0 Å². The van der Waals surface area contributed by atoms with Gasteiger partial charge in [-0.05, 0) is 104 Å². The van der Waals surface area contributed by atoms with Crippen LogP contribution < -0.4 is 5.14 Å². The predicted octanol–water partition coefficient (Wildman–Crippen LogP) is 5.07. The van der Waals surface area contributed by atoms with Crippen molar-refractivity contribution in [1.29, 1.82) is 0 Å². The summed E-state index contributed by atoms with van der Waals surface area (Å²) in [5.41, 5.74) is 0.241. The van der Waals surface area contributed by atoms with Gasteiger partial charge in [0.1, 0.15) is 12.2 Å². The Morgan fingerprint density at radius 1 is 0.946 bits per heavy atom. The molecule has 0 radical (unpaired) electrons. The third-order valence-electron chi connectivity index (χ3n) is 11.6. The summed E-state index contributed by atoms with van der Waals surface area (Å²) < 4.78 is 35.3. The second kappa shape index (κ2) is 10.4. The maximum absolute atomic E-state index is 12.5. The summed E-state index contributed by atoms with van der Waals surface area (Å²) in [6, 6.07) is 0. The minimum atomic E-state index is -3.47. The van der Waals surface area contributed by atoms with Gasteiger partial charge in [-0.1, -0.05) is 27.7 Å². The van der Waals surface area contributed by atoms with Crippen LogP contribution in [-0.2, 0) is 29.1 Å². The Kier molecular flexibility index (Phi) is 8.14. The number of esters is 2. The Balaban J connectivity index is 1.67. The molecule has 4 saturated carbocycles. The average molecular weight is 540 g/mol. The first-order chi connectivity index (χ1) is 17.2. The van der Waals surface area contributed by atoms with E-state index in [0.717, 1.165) is 51.4 Å². The van der Waals surface area contributed by atoms with Crippen molar-refractivity contribution >= 4 is 22.0 Å². The summed E-state index contributed by atoms with van der Waals surface area (Å²) in [5.74, 6) is 2.19. The zero-order valence-electron chi connectivity index (χ0n) is 23.7. The van der Waals surface area contributed by atoms with E-state index in [0.29, 0.717) is 36.0 Å². The van der Waals surface area contributed by atoms with Gasteiger partial charge in [-0.3, -0.25) is 9.59 Å². The van der Waals surface area contributed by atoms with Gasteiger partial charge in [0.2, 0.25) is 10.0 Å². The molecule has 3 unspecified atom stereocenters. The lowest BCUT2D eigenvalue weighted by Crippen LogP contribution is -2.63. The number of hydrogen-bond acceptors (Lipinski definition) is 6. The van der Waals surface area contributed by atoms with Gasteiger partial charge in [0, 0.05) is 19.8 Å². The third kappa shape index (κ3) is 5.35. The fraction of sp³-hybridized carbons (Fsp3) is 0.931. The SMILES string of the molecule is CC[C@H]1[C@@H](OC(C)=O)C2C3CC[C@H]([C@H](C)CCS(N)(=O)=O)[C@@]3(C)CCC2[C@@]2(C)CC[C@@H](OC(C)=O)C[C@@H]12. The molecule has 8 heteroatoms. The summed E-state index contributed by atoms with van der Waals surface area (Å²) >= 11 is 0. The molecule has 2 N–H and O–H groups in total. The summed E-state index contributed by atoms with van der Waals surface area (Å²) in [6.07, 6.45) is 8.59. The molecule has 0 aliphatic heterocycles. The molecule has 0 spiro atoms. The highest BCUT2D eigenvalue weighted by Gasteiger charge is 2.66. The predicted molar refractivity (Wildman–Crippen MR) is 143 cm³/mol. The number of carbonyl (C=O) groups is 2. The second-order valence-electron chi connectivity index (χ2n) is 13.4. The Morgan fingerprint density at radius 3 is 2.16 bits per heavy atom. The van der Waals surface area contributed by atoms with Crippen molar-refractivity contribution in [2.75, 3.05) is 5.75 Å². The van der Waals surface area contributed by atoms with Crippen LogP contribution in [0.15, 0.2) is 0 Å². The summed E-state index contributed by atoms with van der Waals surface area (Å²) in [4.78, 5) is 24.2. The number of carbonyl (C=O) groups excluding carboxylic acids is 2. The zero-order chi connectivity index (χ0) is 27.3. The Morgan fingerprint density at radius 2 is 1.57 bits per heavy atom. The Bertz CT molecular complexity index is 983. The topological polar surface area (TPSA) is 113 Å². The third-order valence-corrected chi connectivity index (χ3v) is 12.4. The Labute approximate surface area is 224 Å². The fourth-order valence-corrected chi connectivity index (χ4v) is 10.8. The van der Waals surface area contributed by atoms with Gasteiger partial charge in [0.25, 0.3) is 0 Å². The number of primary sulfonamides is 1. The molecule has 4 aliphatic rings. The first kappa shape index (κ1) is 28.8. The lowest BCUT2D eigenvalue weighted by molar-refractivity contribution is -0.219. The lowest BCUT2D eigenvalue weighted by atomic mass is 9.41. The van der Waals surface area contributed by atoms with Gasteiger partial charge in [0.15, 0.2) is 0 Å². The van der Waals surface area contributed by atoms with E-state index >= 15 is 0 Å². The van der Waals surface area contributed by atoms with Crippen LogP contribution >= 0.6 is 0 Å². The smallest absolute Gasteiger partial charge is 0.302 e. The number of hydrogen-bond donors (Lipinski definition) is 1. The molecule has 4 aliphatic carbocycles. The highest BCUT2D eigenvalue weighted by molar-refractivity contribution is 7.89. The molecular weight excluding hydrogens is 490 g/mol. The molecule has 0 aromatic carbocycles. The van der Waals surface area contributed by atoms with E-state index in [1.807, 2.05) is 0 Å². The van der Waals surface area contributed by atoms with Crippen LogP contribution in [0.25, 0.3) is 0 Å². The number of ether oxygens (including phenoxy) is 2. The van der Waals surface area contributed by atoms with E-state index < -0.39 is 10.0 Å². The summed E-state index contributed by atoms with van der Waals surface area (Å²) in [5, 5.41) is 5.34. The molecule has 0 amide bonds. The number of sulfonamides is 1. The second-order valence-corrected chi connectivity index (χ2v) is 15.1. The van der Waals surface area contributed by atoms with Crippen LogP contribution in [0.3, 0.4) is 0 Å². The molecule has 212 valence electrons. The zero-order valence-corrected chi connectivity index (χ0v) is 24.5.